The van der Waals surface area contributed by atoms with Gasteiger partial charge >= 0.3 is 0 Å². The molecular formula is C18H35N5. The maximum absolute atomic E-state index is 4.54. The highest BCUT2D eigenvalue weighted by Gasteiger charge is 2.02. The summed E-state index contributed by atoms with van der Waals surface area (Å²) in [5.41, 5.74) is 0.995. The van der Waals surface area contributed by atoms with Crippen molar-refractivity contribution in [1.82, 2.24) is 14.9 Å². The van der Waals surface area contributed by atoms with Crippen LogP contribution in [0.2, 0.25) is 0 Å². The summed E-state index contributed by atoms with van der Waals surface area (Å²) in [6.45, 7) is 7.10. The summed E-state index contributed by atoms with van der Waals surface area (Å²) in [6.07, 6.45) is 9.26. The van der Waals surface area contributed by atoms with Gasteiger partial charge in [-0.15, -0.1) is 0 Å². The largest absolute Gasteiger partial charge is 0.369 e. The molecule has 23 heavy (non-hydrogen) atoms. The number of nitrogens with zero attached hydrogens (tertiary/aromatic N) is 3. The number of hydrogen-bond donors (Lipinski definition) is 2. The standard InChI is InChI=1S/C18H35N5/c1-5-6-7-8-9-10-11-12-20-18-21-16(2)15-17(22-18)19-13-14-23(3)4/h15H,5-14H2,1-4H3,(H2,19,20,21,22). The number of aromatic nitrogens is 2. The van der Waals surface area contributed by atoms with E-state index in [9.17, 15) is 0 Å². The third-order valence-electron chi connectivity index (χ3n) is 3.78. The van der Waals surface area contributed by atoms with E-state index in [1.54, 1.807) is 0 Å². The first-order chi connectivity index (χ1) is 11.1. The zero-order valence-electron chi connectivity index (χ0n) is 15.5. The van der Waals surface area contributed by atoms with Gasteiger partial charge in [-0.2, -0.15) is 4.98 Å². The minimum absolute atomic E-state index is 0.739. The quantitative estimate of drug-likeness (QED) is 0.539. The Hall–Kier alpha value is -1.36. The van der Waals surface area contributed by atoms with Crippen molar-refractivity contribution in [2.75, 3.05) is 44.4 Å². The van der Waals surface area contributed by atoms with E-state index in [0.717, 1.165) is 37.1 Å². The molecule has 1 rings (SSSR count). The van der Waals surface area contributed by atoms with Gasteiger partial charge < -0.3 is 15.5 Å². The summed E-state index contributed by atoms with van der Waals surface area (Å²) in [4.78, 5) is 11.2. The Labute approximate surface area is 142 Å². The maximum atomic E-state index is 4.54. The average molecular weight is 322 g/mol. The molecule has 1 heterocycles. The predicted molar refractivity (Wildman–Crippen MR) is 100 cm³/mol. The monoisotopic (exact) mass is 321 g/mol. The van der Waals surface area contributed by atoms with Crippen molar-refractivity contribution in [1.29, 1.82) is 0 Å². The SMILES string of the molecule is CCCCCCCCCNc1nc(C)cc(NCCN(C)C)n1. The number of rotatable bonds is 13. The second kappa shape index (κ2) is 12.1. The van der Waals surface area contributed by atoms with E-state index in [4.69, 9.17) is 0 Å². The Kier molecular flexibility index (Phi) is 10.4. The normalized spacial score (nSPS) is 11.0. The maximum Gasteiger partial charge on any atom is 0.224 e. The topological polar surface area (TPSA) is 53.1 Å². The van der Waals surface area contributed by atoms with Crippen molar-refractivity contribution >= 4 is 11.8 Å². The molecule has 1 aromatic rings. The number of hydrogen-bond acceptors (Lipinski definition) is 5. The molecule has 0 bridgehead atoms. The van der Waals surface area contributed by atoms with Crippen LogP contribution >= 0.6 is 0 Å². The fraction of sp³-hybridized carbons (Fsp3) is 0.778. The number of anilines is 2. The molecule has 0 saturated carbocycles. The van der Waals surface area contributed by atoms with E-state index in [1.165, 1.54) is 44.9 Å². The van der Waals surface area contributed by atoms with Gasteiger partial charge in [0.25, 0.3) is 0 Å². The summed E-state index contributed by atoms with van der Waals surface area (Å²) in [6, 6.07) is 1.99. The lowest BCUT2D eigenvalue weighted by Crippen LogP contribution is -2.21. The molecule has 2 N–H and O–H groups in total. The van der Waals surface area contributed by atoms with Crippen molar-refractivity contribution in [2.24, 2.45) is 0 Å². The van der Waals surface area contributed by atoms with E-state index in [1.807, 2.05) is 13.0 Å². The molecule has 0 atom stereocenters. The second-order valence-corrected chi connectivity index (χ2v) is 6.50. The smallest absolute Gasteiger partial charge is 0.224 e. The van der Waals surface area contributed by atoms with Gasteiger partial charge in [-0.3, -0.25) is 0 Å². The Balaban J connectivity index is 2.24. The van der Waals surface area contributed by atoms with Crippen LogP contribution in [-0.2, 0) is 0 Å². The molecule has 0 aliphatic heterocycles. The zero-order chi connectivity index (χ0) is 16.9. The number of aryl methyl sites for hydroxylation is 1. The molecule has 0 aliphatic carbocycles. The molecule has 0 amide bonds. The Morgan fingerprint density at radius 3 is 2.30 bits per heavy atom. The summed E-state index contributed by atoms with van der Waals surface area (Å²) in [7, 11) is 4.14. The van der Waals surface area contributed by atoms with E-state index >= 15 is 0 Å². The van der Waals surface area contributed by atoms with Crippen LogP contribution in [0.25, 0.3) is 0 Å². The van der Waals surface area contributed by atoms with Gasteiger partial charge in [-0.1, -0.05) is 45.4 Å². The molecule has 0 aliphatic rings. The molecular weight excluding hydrogens is 286 g/mol. The van der Waals surface area contributed by atoms with Crippen LogP contribution in [-0.4, -0.2) is 48.6 Å². The van der Waals surface area contributed by atoms with Gasteiger partial charge in [0.05, 0.1) is 0 Å². The second-order valence-electron chi connectivity index (χ2n) is 6.50. The van der Waals surface area contributed by atoms with Crippen LogP contribution in [0.4, 0.5) is 11.8 Å². The number of nitrogens with one attached hydrogen (secondary N) is 2. The van der Waals surface area contributed by atoms with Crippen molar-refractivity contribution < 1.29 is 0 Å². The minimum atomic E-state index is 0.739. The molecule has 5 heteroatoms. The summed E-state index contributed by atoms with van der Waals surface area (Å²) in [5.74, 6) is 1.64. The third kappa shape index (κ3) is 10.1. The highest BCUT2D eigenvalue weighted by molar-refractivity contribution is 5.42. The first-order valence-corrected chi connectivity index (χ1v) is 9.10. The van der Waals surface area contributed by atoms with Crippen molar-refractivity contribution in [2.45, 2.75) is 58.8 Å². The Bertz CT molecular complexity index is 420. The van der Waals surface area contributed by atoms with Crippen LogP contribution in [0.15, 0.2) is 6.07 Å². The van der Waals surface area contributed by atoms with E-state index < -0.39 is 0 Å². The number of likely N-dealkylation sites (N-methyl/N-ethyl adjacent to an activating group) is 1. The zero-order valence-corrected chi connectivity index (χ0v) is 15.5. The van der Waals surface area contributed by atoms with Crippen LogP contribution in [0.3, 0.4) is 0 Å². The van der Waals surface area contributed by atoms with Gasteiger partial charge in [-0.25, -0.2) is 4.98 Å². The molecule has 0 spiro atoms. The fourth-order valence-electron chi connectivity index (χ4n) is 2.43. The molecule has 0 fully saturated rings. The molecule has 0 unspecified atom stereocenters. The summed E-state index contributed by atoms with van der Waals surface area (Å²) >= 11 is 0. The van der Waals surface area contributed by atoms with Crippen LogP contribution in [0.5, 0.6) is 0 Å². The molecule has 132 valence electrons. The minimum Gasteiger partial charge on any atom is -0.369 e. The van der Waals surface area contributed by atoms with Crippen LogP contribution in [0.1, 0.15) is 57.6 Å². The van der Waals surface area contributed by atoms with Crippen molar-refractivity contribution in [3.63, 3.8) is 0 Å². The van der Waals surface area contributed by atoms with E-state index in [0.29, 0.717) is 0 Å². The van der Waals surface area contributed by atoms with Crippen molar-refractivity contribution in [3.8, 4) is 0 Å². The summed E-state index contributed by atoms with van der Waals surface area (Å²) < 4.78 is 0. The lowest BCUT2D eigenvalue weighted by Gasteiger charge is -2.12. The Morgan fingerprint density at radius 2 is 1.61 bits per heavy atom. The Morgan fingerprint density at radius 1 is 0.913 bits per heavy atom. The highest BCUT2D eigenvalue weighted by Crippen LogP contribution is 2.10. The van der Waals surface area contributed by atoms with Crippen LogP contribution < -0.4 is 10.6 Å². The van der Waals surface area contributed by atoms with Crippen LogP contribution in [0, 0.1) is 6.92 Å². The molecule has 5 nitrogen and oxygen atoms in total. The highest BCUT2D eigenvalue weighted by atomic mass is 15.2. The molecule has 1 aromatic heterocycles. The van der Waals surface area contributed by atoms with Gasteiger partial charge in [-0.05, 0) is 27.4 Å². The van der Waals surface area contributed by atoms with Crippen molar-refractivity contribution in [3.05, 3.63) is 11.8 Å². The molecule has 0 aromatic carbocycles. The van der Waals surface area contributed by atoms with E-state index in [2.05, 4.69) is 46.5 Å². The molecule has 0 radical (unpaired) electrons. The van der Waals surface area contributed by atoms with Gasteiger partial charge in [0.2, 0.25) is 5.95 Å². The van der Waals surface area contributed by atoms with Gasteiger partial charge in [0.15, 0.2) is 0 Å². The lowest BCUT2D eigenvalue weighted by molar-refractivity contribution is 0.425. The first kappa shape index (κ1) is 19.7. The lowest BCUT2D eigenvalue weighted by atomic mass is 10.1. The summed E-state index contributed by atoms with van der Waals surface area (Å²) in [5, 5.41) is 6.71. The molecule has 0 saturated heterocycles. The number of unbranched alkanes of at least 4 members (excludes halogenated alkanes) is 6. The average Bonchev–Trinajstić information content (AvgIpc) is 2.49. The third-order valence-corrected chi connectivity index (χ3v) is 3.78. The first-order valence-electron chi connectivity index (χ1n) is 9.10. The predicted octanol–water partition coefficient (Wildman–Crippen LogP) is 3.92. The van der Waals surface area contributed by atoms with Gasteiger partial charge in [0, 0.05) is 31.4 Å². The van der Waals surface area contributed by atoms with Gasteiger partial charge in [0.1, 0.15) is 5.82 Å². The van der Waals surface area contributed by atoms with E-state index in [-0.39, 0.29) is 0 Å². The fourth-order valence-corrected chi connectivity index (χ4v) is 2.43.